The Bertz CT molecular complexity index is 133. The molecule has 0 saturated carbocycles. The third-order valence-corrected chi connectivity index (χ3v) is 1.59. The van der Waals surface area contributed by atoms with Gasteiger partial charge in [0.05, 0.1) is 7.11 Å². The summed E-state index contributed by atoms with van der Waals surface area (Å²) in [7, 11) is 0.891. The van der Waals surface area contributed by atoms with Crippen LogP contribution in [0.2, 0.25) is 0 Å². The summed E-state index contributed by atoms with van der Waals surface area (Å²) < 4.78 is 38.4. The van der Waals surface area contributed by atoms with Gasteiger partial charge in [-0.2, -0.15) is 13.2 Å². The lowest BCUT2D eigenvalue weighted by molar-refractivity contribution is -0.164. The average molecular weight is 221 g/mol. The van der Waals surface area contributed by atoms with E-state index < -0.39 is 17.0 Å². The lowest BCUT2D eigenvalue weighted by Gasteiger charge is -2.10. The fraction of sp³-hybridized carbons (Fsp3) is 0.750. The number of esters is 1. The quantitative estimate of drug-likeness (QED) is 0.495. The molecule has 0 aromatic heterocycles. The highest BCUT2D eigenvalue weighted by atomic mass is 79.9. The van der Waals surface area contributed by atoms with Crippen LogP contribution in [0, 0.1) is 0 Å². The van der Waals surface area contributed by atoms with Crippen molar-refractivity contribution in [1.29, 1.82) is 0 Å². The Labute approximate surface area is 63.5 Å². The number of rotatable bonds is 1. The van der Waals surface area contributed by atoms with Gasteiger partial charge in [0.1, 0.15) is 0 Å². The molecule has 1 unspecified atom stereocenters. The van der Waals surface area contributed by atoms with Gasteiger partial charge in [0.2, 0.25) is 4.83 Å². The predicted molar refractivity (Wildman–Crippen MR) is 30.8 cm³/mol. The van der Waals surface area contributed by atoms with Crippen LogP contribution >= 0.6 is 15.9 Å². The normalized spacial score (nSPS) is 14.5. The first-order valence-corrected chi connectivity index (χ1v) is 3.09. The molecule has 0 amide bonds. The number of methoxy groups -OCH3 is 1. The van der Waals surface area contributed by atoms with Gasteiger partial charge in [-0.15, -0.1) is 0 Å². The van der Waals surface area contributed by atoms with E-state index in [1.165, 1.54) is 0 Å². The minimum absolute atomic E-state index is 0.891. The van der Waals surface area contributed by atoms with Crippen molar-refractivity contribution in [1.82, 2.24) is 0 Å². The molecule has 0 radical (unpaired) electrons. The Balaban J connectivity index is 4.08. The van der Waals surface area contributed by atoms with Crippen LogP contribution in [0.5, 0.6) is 0 Å². The number of hydrogen-bond donors (Lipinski definition) is 0. The second-order valence-electron chi connectivity index (χ2n) is 1.43. The lowest BCUT2D eigenvalue weighted by atomic mass is 10.4. The standard InChI is InChI=1S/C4H4BrF3O2/c1-10-3(9)2(5)4(6,7)8/h2H,1H3. The number of carbonyl (C=O) groups is 1. The minimum Gasteiger partial charge on any atom is -0.468 e. The van der Waals surface area contributed by atoms with Crippen LogP contribution in [0.1, 0.15) is 0 Å². The lowest BCUT2D eigenvalue weighted by Crippen LogP contribution is -2.31. The van der Waals surface area contributed by atoms with Crippen LogP contribution < -0.4 is 0 Å². The third kappa shape index (κ3) is 2.55. The van der Waals surface area contributed by atoms with Gasteiger partial charge < -0.3 is 4.74 Å². The number of hydrogen-bond acceptors (Lipinski definition) is 2. The first-order chi connectivity index (χ1) is 4.39. The summed E-state index contributed by atoms with van der Waals surface area (Å²) in [5, 5.41) is 0. The summed E-state index contributed by atoms with van der Waals surface area (Å²) in [4.78, 5) is 7.95. The highest BCUT2D eigenvalue weighted by Crippen LogP contribution is 2.26. The molecule has 0 spiro atoms. The zero-order chi connectivity index (χ0) is 8.36. The van der Waals surface area contributed by atoms with Crippen LogP contribution in [0.4, 0.5) is 13.2 Å². The predicted octanol–water partition coefficient (Wildman–Crippen LogP) is 1.49. The Morgan fingerprint density at radius 3 is 2.10 bits per heavy atom. The Morgan fingerprint density at radius 1 is 1.60 bits per heavy atom. The molecule has 0 rings (SSSR count). The smallest absolute Gasteiger partial charge is 0.411 e. The molecule has 6 heteroatoms. The monoisotopic (exact) mass is 220 g/mol. The summed E-state index contributed by atoms with van der Waals surface area (Å²) in [6, 6.07) is 0. The van der Waals surface area contributed by atoms with Crippen LogP contribution in [0.3, 0.4) is 0 Å². The van der Waals surface area contributed by atoms with Crippen molar-refractivity contribution in [2.24, 2.45) is 0 Å². The number of halogens is 4. The van der Waals surface area contributed by atoms with Gasteiger partial charge in [-0.25, -0.2) is 0 Å². The van der Waals surface area contributed by atoms with Gasteiger partial charge in [0, 0.05) is 0 Å². The first kappa shape index (κ1) is 9.74. The van der Waals surface area contributed by atoms with Crippen LogP contribution in [0.25, 0.3) is 0 Å². The van der Waals surface area contributed by atoms with Crippen molar-refractivity contribution in [2.45, 2.75) is 11.0 Å². The van der Waals surface area contributed by atoms with E-state index in [9.17, 15) is 18.0 Å². The summed E-state index contributed by atoms with van der Waals surface area (Å²) in [6.07, 6.45) is -4.58. The van der Waals surface area contributed by atoms with Gasteiger partial charge in [-0.1, -0.05) is 15.9 Å². The van der Waals surface area contributed by atoms with Crippen LogP contribution in [-0.4, -0.2) is 24.1 Å². The molecule has 0 aliphatic heterocycles. The van der Waals surface area contributed by atoms with E-state index in [0.717, 1.165) is 7.11 Å². The van der Waals surface area contributed by atoms with E-state index in [-0.39, 0.29) is 0 Å². The average Bonchev–Trinajstić information content (AvgIpc) is 1.83. The molecular weight excluding hydrogens is 217 g/mol. The topological polar surface area (TPSA) is 26.3 Å². The maximum absolute atomic E-state index is 11.5. The maximum Gasteiger partial charge on any atom is 0.411 e. The first-order valence-electron chi connectivity index (χ1n) is 2.18. The minimum atomic E-state index is -4.58. The second kappa shape index (κ2) is 3.23. The Hall–Kier alpha value is -0.260. The molecule has 0 saturated heterocycles. The van der Waals surface area contributed by atoms with Gasteiger partial charge in [0.25, 0.3) is 0 Å². The highest BCUT2D eigenvalue weighted by molar-refractivity contribution is 9.10. The second-order valence-corrected chi connectivity index (χ2v) is 2.34. The van der Waals surface area contributed by atoms with Crippen molar-refractivity contribution in [3.8, 4) is 0 Å². The largest absolute Gasteiger partial charge is 0.468 e. The van der Waals surface area contributed by atoms with E-state index in [2.05, 4.69) is 20.7 Å². The fourth-order valence-electron chi connectivity index (χ4n) is 0.237. The molecule has 0 aliphatic rings. The van der Waals surface area contributed by atoms with Gasteiger partial charge in [-0.3, -0.25) is 4.79 Å². The number of alkyl halides is 4. The van der Waals surface area contributed by atoms with Crippen LogP contribution in [-0.2, 0) is 9.53 Å². The maximum atomic E-state index is 11.5. The summed E-state index contributed by atoms with van der Waals surface area (Å²) in [6.45, 7) is 0. The Kier molecular flexibility index (Phi) is 3.14. The molecule has 0 aromatic carbocycles. The summed E-state index contributed by atoms with van der Waals surface area (Å²) in [5.41, 5.74) is 0. The molecule has 10 heavy (non-hydrogen) atoms. The van der Waals surface area contributed by atoms with Crippen molar-refractivity contribution < 1.29 is 22.7 Å². The molecular formula is C4H4BrF3O2. The van der Waals surface area contributed by atoms with Crippen molar-refractivity contribution in [3.05, 3.63) is 0 Å². The molecule has 0 N–H and O–H groups in total. The van der Waals surface area contributed by atoms with Crippen molar-refractivity contribution >= 4 is 21.9 Å². The Morgan fingerprint density at radius 2 is 2.00 bits per heavy atom. The zero-order valence-corrected chi connectivity index (χ0v) is 6.49. The molecule has 0 fully saturated rings. The number of ether oxygens (including phenoxy) is 1. The number of carbonyl (C=O) groups excluding carboxylic acids is 1. The van der Waals surface area contributed by atoms with E-state index in [1.54, 1.807) is 0 Å². The van der Waals surface area contributed by atoms with E-state index >= 15 is 0 Å². The van der Waals surface area contributed by atoms with E-state index in [1.807, 2.05) is 0 Å². The van der Waals surface area contributed by atoms with E-state index in [4.69, 9.17) is 0 Å². The molecule has 1 atom stereocenters. The molecule has 0 aromatic rings. The highest BCUT2D eigenvalue weighted by Gasteiger charge is 2.43. The summed E-state index contributed by atoms with van der Waals surface area (Å²) >= 11 is 2.12. The van der Waals surface area contributed by atoms with E-state index in [0.29, 0.717) is 0 Å². The molecule has 60 valence electrons. The third-order valence-electron chi connectivity index (χ3n) is 0.696. The molecule has 0 bridgehead atoms. The van der Waals surface area contributed by atoms with Gasteiger partial charge >= 0.3 is 12.1 Å². The van der Waals surface area contributed by atoms with Gasteiger partial charge in [0.15, 0.2) is 0 Å². The van der Waals surface area contributed by atoms with Crippen molar-refractivity contribution in [2.75, 3.05) is 7.11 Å². The molecule has 0 aliphatic carbocycles. The molecule has 2 nitrogen and oxygen atoms in total. The SMILES string of the molecule is COC(=O)C(Br)C(F)(F)F. The zero-order valence-electron chi connectivity index (χ0n) is 4.91. The van der Waals surface area contributed by atoms with Crippen molar-refractivity contribution in [3.63, 3.8) is 0 Å². The van der Waals surface area contributed by atoms with Gasteiger partial charge in [-0.05, 0) is 0 Å². The van der Waals surface area contributed by atoms with Crippen LogP contribution in [0.15, 0.2) is 0 Å². The fourth-order valence-corrected chi connectivity index (χ4v) is 0.424. The summed E-state index contributed by atoms with van der Waals surface area (Å²) in [5.74, 6) is -1.34. The molecule has 0 heterocycles.